The summed E-state index contributed by atoms with van der Waals surface area (Å²) < 4.78 is 5.43. The van der Waals surface area contributed by atoms with Crippen molar-refractivity contribution in [3.8, 4) is 5.75 Å². The number of fused-ring (bicyclic) bond motifs is 1. The van der Waals surface area contributed by atoms with E-state index in [4.69, 9.17) is 4.74 Å². The van der Waals surface area contributed by atoms with Gasteiger partial charge in [-0.15, -0.1) is 11.3 Å². The number of hydrogen-bond donors (Lipinski definition) is 1. The fourth-order valence-electron chi connectivity index (χ4n) is 3.23. The Labute approximate surface area is 170 Å². The molecular formula is C21H27N3O3S. The Morgan fingerprint density at radius 1 is 1.25 bits per heavy atom. The molecule has 0 saturated heterocycles. The van der Waals surface area contributed by atoms with E-state index < -0.39 is 0 Å². The maximum atomic E-state index is 12.4. The average molecular weight is 402 g/mol. The second kappa shape index (κ2) is 9.59. The summed E-state index contributed by atoms with van der Waals surface area (Å²) in [6, 6.07) is 9.62. The highest BCUT2D eigenvalue weighted by Crippen LogP contribution is 2.24. The molecule has 2 heterocycles. The lowest BCUT2D eigenvalue weighted by Crippen LogP contribution is -2.40. The van der Waals surface area contributed by atoms with Crippen LogP contribution in [0.25, 0.3) is 0 Å². The monoisotopic (exact) mass is 401 g/mol. The van der Waals surface area contributed by atoms with E-state index >= 15 is 0 Å². The van der Waals surface area contributed by atoms with Crippen LogP contribution in [0.3, 0.4) is 0 Å². The van der Waals surface area contributed by atoms with Crippen LogP contribution in [0.2, 0.25) is 0 Å². The third-order valence-electron chi connectivity index (χ3n) is 4.78. The highest BCUT2D eigenvalue weighted by Gasteiger charge is 2.21. The van der Waals surface area contributed by atoms with Crippen LogP contribution in [0.15, 0.2) is 35.7 Å². The maximum Gasteiger partial charge on any atom is 0.317 e. The first kappa shape index (κ1) is 20.2. The molecule has 1 N–H and O–H groups in total. The van der Waals surface area contributed by atoms with E-state index in [9.17, 15) is 9.59 Å². The quantitative estimate of drug-likeness (QED) is 0.775. The fraction of sp³-hybridized carbons (Fsp3) is 0.429. The van der Waals surface area contributed by atoms with E-state index in [1.807, 2.05) is 36.1 Å². The normalized spacial score (nSPS) is 13.0. The number of hydrogen-bond acceptors (Lipinski definition) is 4. The molecule has 3 rings (SSSR count). The third kappa shape index (κ3) is 5.25. The Bertz CT molecular complexity index is 803. The molecule has 0 radical (unpaired) electrons. The number of nitrogens with one attached hydrogen (secondary N) is 1. The molecule has 0 atom stereocenters. The highest BCUT2D eigenvalue weighted by atomic mass is 32.1. The molecule has 1 aliphatic rings. The van der Waals surface area contributed by atoms with Crippen LogP contribution < -0.4 is 10.1 Å². The molecule has 0 bridgehead atoms. The Kier molecular flexibility index (Phi) is 6.92. The van der Waals surface area contributed by atoms with Gasteiger partial charge in [-0.25, -0.2) is 4.79 Å². The van der Waals surface area contributed by atoms with Gasteiger partial charge in [0.2, 0.25) is 5.91 Å². The summed E-state index contributed by atoms with van der Waals surface area (Å²) in [6.07, 6.45) is 1.25. The van der Waals surface area contributed by atoms with E-state index in [-0.39, 0.29) is 11.9 Å². The minimum absolute atomic E-state index is 0.0892. The van der Waals surface area contributed by atoms with Crippen molar-refractivity contribution in [2.75, 3.05) is 26.7 Å². The van der Waals surface area contributed by atoms with Crippen molar-refractivity contribution >= 4 is 23.3 Å². The molecule has 6 nitrogen and oxygen atoms in total. The lowest BCUT2D eigenvalue weighted by molar-refractivity contribution is -0.131. The zero-order chi connectivity index (χ0) is 19.9. The first-order valence-electron chi connectivity index (χ1n) is 9.60. The van der Waals surface area contributed by atoms with Crippen molar-refractivity contribution in [2.45, 2.75) is 32.9 Å². The predicted octanol–water partition coefficient (Wildman–Crippen LogP) is 3.26. The molecule has 150 valence electrons. The molecule has 0 saturated carbocycles. The second-order valence-corrected chi connectivity index (χ2v) is 7.85. The zero-order valence-electron chi connectivity index (χ0n) is 16.4. The van der Waals surface area contributed by atoms with Gasteiger partial charge in [-0.05, 0) is 48.1 Å². The molecule has 1 aliphatic heterocycles. The van der Waals surface area contributed by atoms with Crippen LogP contribution in [0, 0.1) is 0 Å². The van der Waals surface area contributed by atoms with Gasteiger partial charge in [0, 0.05) is 44.5 Å². The van der Waals surface area contributed by atoms with Gasteiger partial charge in [0.05, 0.1) is 6.61 Å². The summed E-state index contributed by atoms with van der Waals surface area (Å²) in [6.45, 7) is 4.87. The summed E-state index contributed by atoms with van der Waals surface area (Å²) in [5, 5.41) is 4.92. The van der Waals surface area contributed by atoms with Crippen molar-refractivity contribution < 1.29 is 14.3 Å². The third-order valence-corrected chi connectivity index (χ3v) is 5.80. The first-order valence-corrected chi connectivity index (χ1v) is 10.5. The van der Waals surface area contributed by atoms with Crippen LogP contribution in [-0.4, -0.2) is 48.5 Å². The Morgan fingerprint density at radius 3 is 2.79 bits per heavy atom. The van der Waals surface area contributed by atoms with Gasteiger partial charge in [0.1, 0.15) is 5.75 Å². The van der Waals surface area contributed by atoms with E-state index in [0.717, 1.165) is 24.3 Å². The number of benzene rings is 1. The summed E-state index contributed by atoms with van der Waals surface area (Å²) >= 11 is 1.76. The molecule has 0 spiro atoms. The topological polar surface area (TPSA) is 61.9 Å². The number of nitrogens with zero attached hydrogens (tertiary/aromatic N) is 2. The van der Waals surface area contributed by atoms with E-state index in [1.54, 1.807) is 23.3 Å². The molecule has 1 aromatic carbocycles. The maximum absolute atomic E-state index is 12.4. The molecule has 3 amide bonds. The van der Waals surface area contributed by atoms with E-state index in [2.05, 4.69) is 16.8 Å². The minimum atomic E-state index is -0.180. The Morgan fingerprint density at radius 2 is 2.04 bits per heavy atom. The van der Waals surface area contributed by atoms with Crippen LogP contribution in [0.5, 0.6) is 5.75 Å². The SMILES string of the molecule is CCOc1ccc(CN(C)C(=O)NCCC(=O)N2CCc3sccc3C2)cc1. The molecule has 7 heteroatoms. The number of urea groups is 1. The van der Waals surface area contributed by atoms with Crippen molar-refractivity contribution in [1.29, 1.82) is 0 Å². The van der Waals surface area contributed by atoms with Gasteiger partial charge in [0.15, 0.2) is 0 Å². The molecule has 0 unspecified atom stereocenters. The van der Waals surface area contributed by atoms with Crippen molar-refractivity contribution in [3.05, 3.63) is 51.7 Å². The van der Waals surface area contributed by atoms with Gasteiger partial charge in [-0.2, -0.15) is 0 Å². The number of amides is 3. The number of thiophene rings is 1. The van der Waals surface area contributed by atoms with Gasteiger partial charge in [-0.3, -0.25) is 4.79 Å². The number of carbonyl (C=O) groups is 2. The zero-order valence-corrected chi connectivity index (χ0v) is 17.3. The number of carbonyl (C=O) groups excluding carboxylic acids is 2. The first-order chi connectivity index (χ1) is 13.6. The smallest absolute Gasteiger partial charge is 0.317 e. The fourth-order valence-corrected chi connectivity index (χ4v) is 4.12. The lowest BCUT2D eigenvalue weighted by Gasteiger charge is -2.27. The van der Waals surface area contributed by atoms with Gasteiger partial charge in [-0.1, -0.05) is 12.1 Å². The van der Waals surface area contributed by atoms with Crippen molar-refractivity contribution in [3.63, 3.8) is 0 Å². The largest absolute Gasteiger partial charge is 0.494 e. The van der Waals surface area contributed by atoms with Crippen LogP contribution in [0.4, 0.5) is 4.79 Å². The highest BCUT2D eigenvalue weighted by molar-refractivity contribution is 7.10. The predicted molar refractivity (Wildman–Crippen MR) is 111 cm³/mol. The van der Waals surface area contributed by atoms with Crippen molar-refractivity contribution in [2.24, 2.45) is 0 Å². The minimum Gasteiger partial charge on any atom is -0.494 e. The molecule has 2 aromatic rings. The number of ether oxygens (including phenoxy) is 1. The lowest BCUT2D eigenvalue weighted by atomic mass is 10.1. The molecular weight excluding hydrogens is 374 g/mol. The van der Waals surface area contributed by atoms with Crippen LogP contribution in [0.1, 0.15) is 29.3 Å². The second-order valence-electron chi connectivity index (χ2n) is 6.85. The Hall–Kier alpha value is -2.54. The van der Waals surface area contributed by atoms with Crippen LogP contribution in [-0.2, 0) is 24.3 Å². The molecule has 0 fully saturated rings. The summed E-state index contributed by atoms with van der Waals surface area (Å²) in [4.78, 5) is 29.6. The van der Waals surface area contributed by atoms with Gasteiger partial charge < -0.3 is 19.9 Å². The standard InChI is InChI=1S/C21H27N3O3S/c1-3-27-18-6-4-16(5-7-18)14-23(2)21(26)22-11-8-20(25)24-12-9-19-17(15-24)10-13-28-19/h4-7,10,13H,3,8-9,11-12,14-15H2,1-2H3,(H,22,26). The summed E-state index contributed by atoms with van der Waals surface area (Å²) in [7, 11) is 1.75. The average Bonchev–Trinajstić information content (AvgIpc) is 3.17. The van der Waals surface area contributed by atoms with Gasteiger partial charge in [0.25, 0.3) is 0 Å². The summed E-state index contributed by atoms with van der Waals surface area (Å²) in [5.41, 5.74) is 2.28. The molecule has 28 heavy (non-hydrogen) atoms. The number of rotatable bonds is 7. The van der Waals surface area contributed by atoms with Crippen LogP contribution >= 0.6 is 11.3 Å². The Balaban J connectivity index is 1.39. The molecule has 1 aromatic heterocycles. The van der Waals surface area contributed by atoms with Gasteiger partial charge >= 0.3 is 6.03 Å². The van der Waals surface area contributed by atoms with Crippen molar-refractivity contribution in [1.82, 2.24) is 15.1 Å². The van der Waals surface area contributed by atoms with E-state index in [1.165, 1.54) is 10.4 Å². The van der Waals surface area contributed by atoms with E-state index in [0.29, 0.717) is 32.7 Å². The summed E-state index contributed by atoms with van der Waals surface area (Å²) in [5.74, 6) is 0.912. The molecule has 0 aliphatic carbocycles.